The molecule has 4 aromatic rings. The molecule has 0 aliphatic heterocycles. The normalized spacial score (nSPS) is 15.8. The minimum atomic E-state index is -3.06. The van der Waals surface area contributed by atoms with Gasteiger partial charge in [0.05, 0.1) is 39.7 Å². The molecule has 0 bridgehead atoms. The van der Waals surface area contributed by atoms with E-state index in [-0.39, 0.29) is 17.2 Å². The van der Waals surface area contributed by atoms with E-state index in [9.17, 15) is 18.6 Å². The minimum Gasteiger partial charge on any atom is -0.468 e. The zero-order valence-electron chi connectivity index (χ0n) is 27.0. The van der Waals surface area contributed by atoms with Gasteiger partial charge >= 0.3 is 5.97 Å². The lowest BCUT2D eigenvalue weighted by atomic mass is 10.1. The molecule has 14 heteroatoms. The third-order valence-electron chi connectivity index (χ3n) is 7.79. The smallest absolute Gasteiger partial charge is 0.323 e. The first-order valence-electron chi connectivity index (χ1n) is 15.4. The summed E-state index contributed by atoms with van der Waals surface area (Å²) >= 11 is 0. The number of allylic oxidation sites excluding steroid dienone is 3. The molecule has 0 fully saturated rings. The number of nitrogens with one attached hydrogen (secondary N) is 3. The van der Waals surface area contributed by atoms with Gasteiger partial charge in [-0.05, 0) is 56.1 Å². The molecule has 1 aliphatic carbocycles. The number of hydrogen-bond donors (Lipinski definition) is 3. The number of anilines is 1. The third kappa shape index (κ3) is 8.57. The largest absolute Gasteiger partial charge is 0.468 e. The van der Waals surface area contributed by atoms with Crippen molar-refractivity contribution in [2.75, 3.05) is 24.7 Å². The van der Waals surface area contributed by atoms with Crippen LogP contribution in [0.3, 0.4) is 0 Å². The number of H-pyrrole nitrogens is 1. The Morgan fingerprint density at radius 1 is 1.12 bits per heavy atom. The van der Waals surface area contributed by atoms with Gasteiger partial charge < -0.3 is 20.4 Å². The molecule has 1 aliphatic rings. The summed E-state index contributed by atoms with van der Waals surface area (Å²) in [5.41, 5.74) is 4.04. The topological polar surface area (TPSA) is 173 Å². The first-order chi connectivity index (χ1) is 23.1. The van der Waals surface area contributed by atoms with E-state index in [0.717, 1.165) is 17.0 Å². The predicted octanol–water partition coefficient (Wildman–Crippen LogP) is 4.02. The number of aryl methyl sites for hydroxylation is 2. The van der Waals surface area contributed by atoms with Crippen LogP contribution in [-0.4, -0.2) is 77.4 Å². The van der Waals surface area contributed by atoms with Crippen molar-refractivity contribution in [3.63, 3.8) is 0 Å². The molecule has 3 aromatic heterocycles. The van der Waals surface area contributed by atoms with Crippen molar-refractivity contribution in [2.45, 2.75) is 37.5 Å². The van der Waals surface area contributed by atoms with Crippen molar-refractivity contribution in [3.05, 3.63) is 108 Å². The number of carbonyl (C=O) groups excluding carboxylic acids is 3. The number of aromatic amines is 1. The zero-order chi connectivity index (χ0) is 34.1. The van der Waals surface area contributed by atoms with E-state index in [1.165, 1.54) is 24.3 Å². The van der Waals surface area contributed by atoms with E-state index >= 15 is 0 Å². The van der Waals surface area contributed by atoms with Crippen molar-refractivity contribution in [1.82, 2.24) is 30.0 Å². The van der Waals surface area contributed by atoms with Crippen LogP contribution >= 0.6 is 0 Å². The number of amides is 2. The molecule has 0 saturated carbocycles. The second-order valence-corrected chi connectivity index (χ2v) is 13.9. The Balaban J connectivity index is 1.31. The van der Waals surface area contributed by atoms with Gasteiger partial charge in [0.15, 0.2) is 0 Å². The van der Waals surface area contributed by atoms with Gasteiger partial charge in [-0.15, -0.1) is 0 Å². The molecule has 2 amide bonds. The lowest BCUT2D eigenvalue weighted by Crippen LogP contribution is -2.40. The number of hydrogen-bond acceptors (Lipinski definition) is 9. The average molecular weight is 671 g/mol. The first kappa shape index (κ1) is 34.1. The lowest BCUT2D eigenvalue weighted by molar-refractivity contribution is -0.143. The molecule has 1 unspecified atom stereocenters. The molecule has 5 rings (SSSR count). The summed E-state index contributed by atoms with van der Waals surface area (Å²) in [4.78, 5) is 50.0. The van der Waals surface area contributed by atoms with Crippen LogP contribution in [0.4, 0.5) is 5.69 Å². The van der Waals surface area contributed by atoms with Crippen molar-refractivity contribution in [1.29, 1.82) is 0 Å². The number of carbonyl (C=O) groups is 3. The number of pyridine rings is 1. The maximum absolute atomic E-state index is 14.4. The molecule has 0 spiro atoms. The fourth-order valence-electron chi connectivity index (χ4n) is 5.35. The van der Waals surface area contributed by atoms with Gasteiger partial charge in [0, 0.05) is 54.8 Å². The Kier molecular flexibility index (Phi) is 11.1. The van der Waals surface area contributed by atoms with E-state index in [2.05, 4.69) is 35.0 Å². The fourth-order valence-corrected chi connectivity index (χ4v) is 7.57. The molecule has 0 radical (unpaired) electrons. The molecule has 250 valence electrons. The number of rotatable bonds is 13. The number of methoxy groups -OCH3 is 1. The zero-order valence-corrected chi connectivity index (χ0v) is 27.8. The quantitative estimate of drug-likeness (QED) is 0.140. The Morgan fingerprint density at radius 3 is 2.69 bits per heavy atom. The molecule has 3 heterocycles. The SMILES string of the molecule is COC(=O)[C@H](Cc1cnc[nH]1)NCCC[S@@](=O)(=NC(=O)c1cncc(-c2cccc(NC(=O)c3cc(C)nn3C)c2)c1)C1C=CC=CC1. The van der Waals surface area contributed by atoms with E-state index in [1.54, 1.807) is 49.8 Å². The van der Waals surface area contributed by atoms with E-state index in [4.69, 9.17) is 4.74 Å². The van der Waals surface area contributed by atoms with Crippen LogP contribution < -0.4 is 10.6 Å². The molecule has 3 N–H and O–H groups in total. The second kappa shape index (κ2) is 15.6. The van der Waals surface area contributed by atoms with Crippen molar-refractivity contribution < 1.29 is 23.3 Å². The number of ether oxygens (including phenoxy) is 1. The van der Waals surface area contributed by atoms with E-state index < -0.39 is 32.9 Å². The van der Waals surface area contributed by atoms with Gasteiger partial charge in [0.2, 0.25) is 0 Å². The van der Waals surface area contributed by atoms with Crippen LogP contribution in [0.2, 0.25) is 0 Å². The summed E-state index contributed by atoms with van der Waals surface area (Å²) < 4.78 is 25.2. The molecule has 48 heavy (non-hydrogen) atoms. The van der Waals surface area contributed by atoms with Gasteiger partial charge in [-0.2, -0.15) is 9.46 Å². The van der Waals surface area contributed by atoms with Crippen LogP contribution in [0, 0.1) is 6.92 Å². The Labute approximate surface area is 279 Å². The fraction of sp³-hybridized carbons (Fsp3) is 0.294. The number of imidazole rings is 1. The monoisotopic (exact) mass is 670 g/mol. The summed E-state index contributed by atoms with van der Waals surface area (Å²) in [6.45, 7) is 2.17. The lowest BCUT2D eigenvalue weighted by Gasteiger charge is -2.20. The highest BCUT2D eigenvalue weighted by atomic mass is 32.2. The summed E-state index contributed by atoms with van der Waals surface area (Å²) in [6.07, 6.45) is 14.8. The predicted molar refractivity (Wildman–Crippen MR) is 183 cm³/mol. The van der Waals surface area contributed by atoms with E-state index in [0.29, 0.717) is 42.8 Å². The van der Waals surface area contributed by atoms with Crippen molar-refractivity contribution in [3.8, 4) is 11.1 Å². The molecule has 1 aromatic carbocycles. The van der Waals surface area contributed by atoms with Crippen molar-refractivity contribution in [2.24, 2.45) is 11.4 Å². The van der Waals surface area contributed by atoms with Crippen LogP contribution in [0.1, 0.15) is 45.1 Å². The summed E-state index contributed by atoms with van der Waals surface area (Å²) in [5.74, 6) is -1.22. The summed E-state index contributed by atoms with van der Waals surface area (Å²) in [6, 6.07) is 9.92. The molecule has 3 atom stereocenters. The maximum Gasteiger partial charge on any atom is 0.323 e. The van der Waals surface area contributed by atoms with Gasteiger partial charge in [0.1, 0.15) is 11.7 Å². The molecular formula is C34H38N8O5S. The van der Waals surface area contributed by atoms with Gasteiger partial charge in [-0.25, -0.2) is 9.19 Å². The molecular weight excluding hydrogens is 632 g/mol. The molecule has 13 nitrogen and oxygen atoms in total. The van der Waals surface area contributed by atoms with Crippen LogP contribution in [0.5, 0.6) is 0 Å². The Bertz CT molecular complexity index is 1960. The van der Waals surface area contributed by atoms with Gasteiger partial charge in [-0.3, -0.25) is 24.0 Å². The number of nitrogens with zero attached hydrogens (tertiary/aromatic N) is 5. The van der Waals surface area contributed by atoms with Crippen molar-refractivity contribution >= 4 is 33.2 Å². The summed E-state index contributed by atoms with van der Waals surface area (Å²) in [7, 11) is -0.0213. The average Bonchev–Trinajstić information content (AvgIpc) is 3.74. The molecule has 0 saturated heterocycles. The minimum absolute atomic E-state index is 0.136. The van der Waals surface area contributed by atoms with Gasteiger partial charge in [-0.1, -0.05) is 36.4 Å². The third-order valence-corrected chi connectivity index (χ3v) is 10.4. The first-order valence-corrected chi connectivity index (χ1v) is 17.2. The maximum atomic E-state index is 14.4. The van der Waals surface area contributed by atoms with Crippen LogP contribution in [0.25, 0.3) is 11.1 Å². The van der Waals surface area contributed by atoms with Crippen LogP contribution in [-0.2, 0) is 32.7 Å². The van der Waals surface area contributed by atoms with Gasteiger partial charge in [0.25, 0.3) is 11.8 Å². The Morgan fingerprint density at radius 2 is 1.98 bits per heavy atom. The highest BCUT2D eigenvalue weighted by molar-refractivity contribution is 7.94. The number of benzene rings is 1. The Hall–Kier alpha value is -5.21. The summed E-state index contributed by atoms with van der Waals surface area (Å²) in [5, 5.41) is 9.84. The van der Waals surface area contributed by atoms with Crippen LogP contribution in [0.15, 0.2) is 90.0 Å². The highest BCUT2D eigenvalue weighted by Crippen LogP contribution is 2.25. The van der Waals surface area contributed by atoms with E-state index in [1.807, 2.05) is 37.3 Å². The standard InChI is InChI=1S/C34H38N8O5S/c1-23-15-31(42(2)40-23)33(44)39-27-10-7-9-24(17-27)25-16-26(20-35-19-25)32(43)41-48(46,29-11-5-4-6-12-29)14-8-13-37-30(34(45)47-3)18-28-21-36-22-38-28/h4-7,9-11,15-17,19-22,29-30,37H,8,12-14,18H2,1-3H3,(H,36,38)(H,39,44)/t29?,30-,48-/m0/s1. The highest BCUT2D eigenvalue weighted by Gasteiger charge is 2.25. The number of esters is 1. The second-order valence-electron chi connectivity index (χ2n) is 11.3. The number of aromatic nitrogens is 5.